The highest BCUT2D eigenvalue weighted by Crippen LogP contribution is 2.28. The van der Waals surface area contributed by atoms with Crippen LogP contribution in [0.1, 0.15) is 121 Å². The summed E-state index contributed by atoms with van der Waals surface area (Å²) >= 11 is 0. The highest BCUT2D eigenvalue weighted by atomic mass is 16.6. The summed E-state index contributed by atoms with van der Waals surface area (Å²) in [7, 11) is 3.21. The third-order valence-electron chi connectivity index (χ3n) is 8.46. The molecule has 16 heteroatoms. The van der Waals surface area contributed by atoms with Crippen molar-refractivity contribution >= 4 is 41.2 Å². The minimum atomic E-state index is -0.931. The maximum atomic E-state index is 13.2. The topological polar surface area (TPSA) is 181 Å². The minimum Gasteiger partial charge on any atom is -0.497 e. The second kappa shape index (κ2) is 20.8. The monoisotopic (exact) mass is 842 g/mol. The lowest BCUT2D eigenvalue weighted by molar-refractivity contribution is -0.673. The standard InChI is InChI=1S/C44H68N6O10/c1-41(2,3)57-36(51)31(46-39(53)59-43(7,8)9)19-15-16-25-49-26-18-21-33-35(49)48-38(50(33)28-29-22-23-30(55-13)27-34(29)56-14)45-24-17-20-32(37(52)58-42(4,5)6)47-40(54)60-44(10,11)12/h18,21-23,26-27,31-32H,15-17,19-20,24-25,28H2,1-14H3,(H2,46,47,53,54)/p+1/t31-,32-/m0/s1. The van der Waals surface area contributed by atoms with Gasteiger partial charge in [0, 0.05) is 18.2 Å². The van der Waals surface area contributed by atoms with Gasteiger partial charge in [0.2, 0.25) is 0 Å². The zero-order valence-electron chi connectivity index (χ0n) is 38.2. The van der Waals surface area contributed by atoms with E-state index in [-0.39, 0.29) is 6.42 Å². The van der Waals surface area contributed by atoms with Gasteiger partial charge in [0.05, 0.1) is 33.5 Å². The zero-order valence-corrected chi connectivity index (χ0v) is 38.2. The molecule has 2 heterocycles. The van der Waals surface area contributed by atoms with Gasteiger partial charge >= 0.3 is 35.7 Å². The molecule has 3 rings (SSSR count). The molecule has 0 fully saturated rings. The van der Waals surface area contributed by atoms with E-state index >= 15 is 0 Å². The van der Waals surface area contributed by atoms with E-state index < -0.39 is 58.6 Å². The lowest BCUT2D eigenvalue weighted by Gasteiger charge is -2.26. The molecule has 0 aliphatic carbocycles. The fraction of sp³-hybridized carbons (Fsp3) is 0.636. The number of nitrogens with one attached hydrogen (secondary N) is 3. The van der Waals surface area contributed by atoms with Crippen molar-refractivity contribution in [2.45, 2.75) is 163 Å². The van der Waals surface area contributed by atoms with Gasteiger partial charge in [-0.25, -0.2) is 23.7 Å². The molecule has 2 atom stereocenters. The quantitative estimate of drug-likeness (QED) is 0.0507. The molecule has 2 aromatic heterocycles. The number of pyridine rings is 1. The van der Waals surface area contributed by atoms with Crippen LogP contribution in [0.15, 0.2) is 36.5 Å². The maximum Gasteiger partial charge on any atom is 0.408 e. The Hall–Kier alpha value is -5.28. The van der Waals surface area contributed by atoms with Crippen molar-refractivity contribution < 1.29 is 52.2 Å². The Morgan fingerprint density at radius 3 is 1.73 bits per heavy atom. The van der Waals surface area contributed by atoms with Crippen LogP contribution in [0.25, 0.3) is 11.2 Å². The van der Waals surface area contributed by atoms with E-state index in [1.165, 1.54) is 0 Å². The SMILES string of the molecule is COc1ccc(Cn2c(NCCC[C@H](NC(=O)OC(C)(C)C)C(=O)OC(C)(C)C)nc3c2ccc[n+]3CCCC[C@H](NC(=O)OC(C)(C)C)C(=O)OC(C)(C)C)c(OC)c1. The Morgan fingerprint density at radius 1 is 0.700 bits per heavy atom. The van der Waals surface area contributed by atoms with Gasteiger partial charge in [-0.2, -0.15) is 0 Å². The molecule has 0 spiro atoms. The number of rotatable bonds is 18. The van der Waals surface area contributed by atoms with Crippen molar-refractivity contribution in [3.05, 3.63) is 42.1 Å². The van der Waals surface area contributed by atoms with Gasteiger partial charge in [0.25, 0.3) is 0 Å². The van der Waals surface area contributed by atoms with Crippen LogP contribution < -0.4 is 30.0 Å². The molecule has 3 aromatic rings. The van der Waals surface area contributed by atoms with Crippen LogP contribution in [0.2, 0.25) is 0 Å². The van der Waals surface area contributed by atoms with Gasteiger partial charge in [0.15, 0.2) is 0 Å². The van der Waals surface area contributed by atoms with E-state index in [1.807, 2.05) is 36.5 Å². The molecule has 0 saturated carbocycles. The predicted molar refractivity (Wildman–Crippen MR) is 228 cm³/mol. The van der Waals surface area contributed by atoms with E-state index in [0.717, 1.165) is 16.7 Å². The summed E-state index contributed by atoms with van der Waals surface area (Å²) in [5, 5.41) is 8.86. The number of carbonyl (C=O) groups excluding carboxylic acids is 4. The van der Waals surface area contributed by atoms with Gasteiger partial charge in [-0.05, 0) is 144 Å². The van der Waals surface area contributed by atoms with Crippen LogP contribution in [0.3, 0.4) is 0 Å². The molecule has 0 unspecified atom stereocenters. The van der Waals surface area contributed by atoms with Crippen molar-refractivity contribution in [2.24, 2.45) is 0 Å². The van der Waals surface area contributed by atoms with Gasteiger partial charge < -0.3 is 44.4 Å². The smallest absolute Gasteiger partial charge is 0.408 e. The number of unbranched alkanes of at least 4 members (excludes halogenated alkanes) is 1. The number of benzene rings is 1. The van der Waals surface area contributed by atoms with Crippen LogP contribution in [0, 0.1) is 0 Å². The Bertz CT molecular complexity index is 1920. The Morgan fingerprint density at radius 2 is 1.23 bits per heavy atom. The Labute approximate surface area is 355 Å². The fourth-order valence-corrected chi connectivity index (χ4v) is 6.05. The van der Waals surface area contributed by atoms with Crippen molar-refractivity contribution in [3.63, 3.8) is 0 Å². The number of methoxy groups -OCH3 is 2. The van der Waals surface area contributed by atoms with Gasteiger partial charge in [0.1, 0.15) is 51.5 Å². The first-order valence-corrected chi connectivity index (χ1v) is 20.6. The number of fused-ring (bicyclic) bond motifs is 1. The van der Waals surface area contributed by atoms with Crippen molar-refractivity contribution in [1.82, 2.24) is 20.2 Å². The molecule has 0 aliphatic rings. The van der Waals surface area contributed by atoms with Crippen molar-refractivity contribution in [2.75, 3.05) is 26.1 Å². The molecule has 1 aromatic carbocycles. The number of aryl methyl sites for hydroxylation is 1. The minimum absolute atomic E-state index is 0.279. The van der Waals surface area contributed by atoms with Gasteiger partial charge in [-0.3, -0.25) is 4.57 Å². The Kier molecular flexibility index (Phi) is 17.0. The molecular formula is C44H69N6O10+. The number of aromatic nitrogens is 3. The molecular weight excluding hydrogens is 773 g/mol. The number of hydrogen-bond donors (Lipinski definition) is 3. The summed E-state index contributed by atoms with van der Waals surface area (Å²) in [5.74, 6) is 0.829. The molecule has 334 valence electrons. The molecule has 16 nitrogen and oxygen atoms in total. The third-order valence-corrected chi connectivity index (χ3v) is 8.46. The lowest BCUT2D eigenvalue weighted by atomic mass is 10.1. The number of carbonyl (C=O) groups is 4. The molecule has 2 amide bonds. The predicted octanol–water partition coefficient (Wildman–Crippen LogP) is 7.22. The van der Waals surface area contributed by atoms with Gasteiger partial charge in [-0.15, -0.1) is 0 Å². The average Bonchev–Trinajstić information content (AvgIpc) is 3.45. The first kappa shape index (κ1) is 49.1. The fourth-order valence-electron chi connectivity index (χ4n) is 6.05. The number of ether oxygens (including phenoxy) is 6. The van der Waals surface area contributed by atoms with Crippen molar-refractivity contribution in [3.8, 4) is 11.5 Å². The number of amides is 2. The van der Waals surface area contributed by atoms with Crippen LogP contribution >= 0.6 is 0 Å². The largest absolute Gasteiger partial charge is 0.497 e. The highest BCUT2D eigenvalue weighted by molar-refractivity contribution is 5.82. The highest BCUT2D eigenvalue weighted by Gasteiger charge is 2.31. The first-order valence-electron chi connectivity index (χ1n) is 20.6. The average molecular weight is 842 g/mol. The number of esters is 2. The van der Waals surface area contributed by atoms with Crippen LogP contribution in [-0.4, -0.2) is 88.9 Å². The summed E-state index contributed by atoms with van der Waals surface area (Å²) in [6, 6.07) is 7.79. The number of alkyl carbamates (subject to hydrolysis) is 2. The first-order chi connectivity index (χ1) is 27.8. The molecule has 0 saturated heterocycles. The van der Waals surface area contributed by atoms with Crippen LogP contribution in [0.4, 0.5) is 15.5 Å². The van der Waals surface area contributed by atoms with E-state index in [0.29, 0.717) is 62.8 Å². The Balaban J connectivity index is 1.87. The molecule has 3 N–H and O–H groups in total. The van der Waals surface area contributed by atoms with Crippen molar-refractivity contribution in [1.29, 1.82) is 0 Å². The number of anilines is 1. The van der Waals surface area contributed by atoms with Gasteiger partial charge in [-0.1, -0.05) is 0 Å². The lowest BCUT2D eigenvalue weighted by Crippen LogP contribution is -2.46. The zero-order chi connectivity index (χ0) is 45.1. The van der Waals surface area contributed by atoms with E-state index in [9.17, 15) is 19.2 Å². The molecule has 0 bridgehead atoms. The summed E-state index contributed by atoms with van der Waals surface area (Å²) in [6.45, 7) is 22.6. The second-order valence-corrected chi connectivity index (χ2v) is 18.6. The normalized spacial score (nSPS) is 13.2. The van der Waals surface area contributed by atoms with E-state index in [2.05, 4.69) is 25.1 Å². The summed E-state index contributed by atoms with van der Waals surface area (Å²) < 4.78 is 37.4. The summed E-state index contributed by atoms with van der Waals surface area (Å²) in [4.78, 5) is 56.7. The van der Waals surface area contributed by atoms with Crippen LogP contribution in [-0.2, 0) is 41.6 Å². The number of hydrogen-bond acceptors (Lipinski definition) is 12. The molecule has 0 aliphatic heterocycles. The number of imidazole rings is 1. The van der Waals surface area contributed by atoms with E-state index in [4.69, 9.17) is 33.4 Å². The maximum absolute atomic E-state index is 13.2. The molecule has 0 radical (unpaired) electrons. The summed E-state index contributed by atoms with van der Waals surface area (Å²) in [6.07, 6.45) is 2.92. The second-order valence-electron chi connectivity index (χ2n) is 18.6. The van der Waals surface area contributed by atoms with E-state index in [1.54, 1.807) is 97.3 Å². The number of nitrogens with zero attached hydrogens (tertiary/aromatic N) is 3. The molecule has 60 heavy (non-hydrogen) atoms. The third kappa shape index (κ3) is 16.8. The van der Waals surface area contributed by atoms with Crippen LogP contribution in [0.5, 0.6) is 11.5 Å². The summed E-state index contributed by atoms with van der Waals surface area (Å²) in [5.41, 5.74) is -0.469.